The van der Waals surface area contributed by atoms with Gasteiger partial charge in [0.05, 0.1) is 16.7 Å². The molecular weight excluding hydrogens is 249 g/mol. The number of rotatable bonds is 7. The van der Waals surface area contributed by atoms with Crippen LogP contribution < -0.4 is 10.1 Å². The van der Waals surface area contributed by atoms with Crippen molar-refractivity contribution >= 4 is 23.2 Å². The molecule has 16 heavy (non-hydrogen) atoms. The van der Waals surface area contributed by atoms with E-state index >= 15 is 0 Å². The minimum Gasteiger partial charge on any atom is -0.492 e. The molecule has 0 heterocycles. The highest BCUT2D eigenvalue weighted by atomic mass is 35.5. The minimum absolute atomic E-state index is 0.506. The second-order valence-corrected chi connectivity index (χ2v) is 3.98. The molecule has 0 atom stereocenters. The Morgan fingerprint density at radius 3 is 2.56 bits per heavy atom. The van der Waals surface area contributed by atoms with Gasteiger partial charge in [0.15, 0.2) is 0 Å². The van der Waals surface area contributed by atoms with E-state index in [4.69, 9.17) is 32.7 Å². The molecule has 0 amide bonds. The molecule has 0 fully saturated rings. The largest absolute Gasteiger partial charge is 0.492 e. The van der Waals surface area contributed by atoms with Crippen LogP contribution in [0.3, 0.4) is 0 Å². The van der Waals surface area contributed by atoms with Gasteiger partial charge in [-0.3, -0.25) is 0 Å². The number of hydrogen-bond donors (Lipinski definition) is 1. The Hall–Kier alpha value is -0.480. The van der Waals surface area contributed by atoms with Crippen molar-refractivity contribution in [3.63, 3.8) is 0 Å². The molecule has 1 rings (SSSR count). The number of halogens is 2. The molecule has 0 unspecified atom stereocenters. The van der Waals surface area contributed by atoms with Gasteiger partial charge in [0, 0.05) is 26.3 Å². The van der Waals surface area contributed by atoms with Gasteiger partial charge >= 0.3 is 0 Å². The fraction of sp³-hybridized carbons (Fsp3) is 0.455. The average Bonchev–Trinajstić information content (AvgIpc) is 2.28. The molecule has 1 N–H and O–H groups in total. The Morgan fingerprint density at radius 1 is 1.12 bits per heavy atom. The number of methoxy groups -OCH3 is 1. The van der Waals surface area contributed by atoms with E-state index in [0.717, 1.165) is 18.8 Å². The van der Waals surface area contributed by atoms with Crippen LogP contribution in [0.25, 0.3) is 0 Å². The maximum absolute atomic E-state index is 5.85. The van der Waals surface area contributed by atoms with E-state index in [1.54, 1.807) is 25.3 Å². The molecule has 0 aliphatic carbocycles. The van der Waals surface area contributed by atoms with E-state index in [2.05, 4.69) is 5.32 Å². The van der Waals surface area contributed by atoms with Crippen LogP contribution in [0.2, 0.25) is 10.0 Å². The molecule has 0 aromatic heterocycles. The van der Waals surface area contributed by atoms with E-state index < -0.39 is 0 Å². The van der Waals surface area contributed by atoms with Crippen molar-refractivity contribution < 1.29 is 9.47 Å². The van der Waals surface area contributed by atoms with E-state index in [0.29, 0.717) is 23.3 Å². The Bertz CT molecular complexity index is 321. The summed E-state index contributed by atoms with van der Waals surface area (Å²) in [5.74, 6) is 0.725. The zero-order valence-corrected chi connectivity index (χ0v) is 10.6. The highest BCUT2D eigenvalue weighted by molar-refractivity contribution is 6.42. The van der Waals surface area contributed by atoms with Crippen molar-refractivity contribution in [1.29, 1.82) is 0 Å². The SMILES string of the molecule is COCCNCCOc1ccc(Cl)c(Cl)c1. The van der Waals surface area contributed by atoms with E-state index in [-0.39, 0.29) is 0 Å². The quantitative estimate of drug-likeness (QED) is 0.768. The molecule has 3 nitrogen and oxygen atoms in total. The van der Waals surface area contributed by atoms with Gasteiger partial charge in [-0.05, 0) is 12.1 Å². The first-order valence-corrected chi connectivity index (χ1v) is 5.77. The van der Waals surface area contributed by atoms with E-state index in [9.17, 15) is 0 Å². The lowest BCUT2D eigenvalue weighted by Crippen LogP contribution is -2.24. The van der Waals surface area contributed by atoms with Gasteiger partial charge in [-0.25, -0.2) is 0 Å². The summed E-state index contributed by atoms with van der Waals surface area (Å²) >= 11 is 11.6. The third-order valence-corrected chi connectivity index (χ3v) is 2.66. The molecule has 5 heteroatoms. The lowest BCUT2D eigenvalue weighted by molar-refractivity contribution is 0.197. The van der Waals surface area contributed by atoms with Gasteiger partial charge in [0.2, 0.25) is 0 Å². The Kier molecular flexibility index (Phi) is 6.57. The third kappa shape index (κ3) is 5.03. The second kappa shape index (κ2) is 7.74. The first-order valence-electron chi connectivity index (χ1n) is 5.01. The summed E-state index contributed by atoms with van der Waals surface area (Å²) in [6.45, 7) is 2.87. The number of nitrogens with one attached hydrogen (secondary N) is 1. The van der Waals surface area contributed by atoms with Crippen molar-refractivity contribution in [1.82, 2.24) is 5.32 Å². The van der Waals surface area contributed by atoms with Gasteiger partial charge in [-0.1, -0.05) is 23.2 Å². The van der Waals surface area contributed by atoms with Crippen molar-refractivity contribution in [2.24, 2.45) is 0 Å². The first kappa shape index (κ1) is 13.6. The van der Waals surface area contributed by atoms with Crippen LogP contribution in [0, 0.1) is 0 Å². The summed E-state index contributed by atoms with van der Waals surface area (Å²) in [5.41, 5.74) is 0. The zero-order valence-electron chi connectivity index (χ0n) is 9.13. The molecule has 0 saturated carbocycles. The van der Waals surface area contributed by atoms with Crippen molar-refractivity contribution in [2.75, 3.05) is 33.4 Å². The zero-order chi connectivity index (χ0) is 11.8. The summed E-state index contributed by atoms with van der Waals surface area (Å²) in [6.07, 6.45) is 0. The Morgan fingerprint density at radius 2 is 1.88 bits per heavy atom. The molecular formula is C11H15Cl2NO2. The smallest absolute Gasteiger partial charge is 0.120 e. The summed E-state index contributed by atoms with van der Waals surface area (Å²) in [6, 6.07) is 5.22. The van der Waals surface area contributed by atoms with Gasteiger partial charge < -0.3 is 14.8 Å². The number of benzene rings is 1. The molecule has 0 spiro atoms. The van der Waals surface area contributed by atoms with Crippen molar-refractivity contribution in [2.45, 2.75) is 0 Å². The normalized spacial score (nSPS) is 10.4. The van der Waals surface area contributed by atoms with Crippen molar-refractivity contribution in [3.05, 3.63) is 28.2 Å². The highest BCUT2D eigenvalue weighted by Gasteiger charge is 1.99. The van der Waals surface area contributed by atoms with Crippen LogP contribution in [-0.4, -0.2) is 33.4 Å². The maximum Gasteiger partial charge on any atom is 0.120 e. The molecule has 1 aromatic carbocycles. The van der Waals surface area contributed by atoms with Crippen LogP contribution in [-0.2, 0) is 4.74 Å². The van der Waals surface area contributed by atoms with Gasteiger partial charge in [-0.15, -0.1) is 0 Å². The van der Waals surface area contributed by atoms with E-state index in [1.165, 1.54) is 0 Å². The summed E-state index contributed by atoms with van der Waals surface area (Å²) in [4.78, 5) is 0. The fourth-order valence-corrected chi connectivity index (χ4v) is 1.40. The predicted octanol–water partition coefficient (Wildman–Crippen LogP) is 2.61. The highest BCUT2D eigenvalue weighted by Crippen LogP contribution is 2.26. The van der Waals surface area contributed by atoms with Gasteiger partial charge in [-0.2, -0.15) is 0 Å². The van der Waals surface area contributed by atoms with Crippen molar-refractivity contribution in [3.8, 4) is 5.75 Å². The lowest BCUT2D eigenvalue weighted by atomic mass is 10.3. The van der Waals surface area contributed by atoms with Crippen LogP contribution >= 0.6 is 23.2 Å². The molecule has 0 bridgehead atoms. The van der Waals surface area contributed by atoms with Gasteiger partial charge in [0.25, 0.3) is 0 Å². The average molecular weight is 264 g/mol. The molecule has 1 aromatic rings. The van der Waals surface area contributed by atoms with Crippen LogP contribution in [0.15, 0.2) is 18.2 Å². The van der Waals surface area contributed by atoms with Crippen LogP contribution in [0.4, 0.5) is 0 Å². The Balaban J connectivity index is 2.19. The summed E-state index contributed by atoms with van der Waals surface area (Å²) in [5, 5.41) is 4.21. The summed E-state index contributed by atoms with van der Waals surface area (Å²) in [7, 11) is 1.67. The molecule has 0 saturated heterocycles. The monoisotopic (exact) mass is 263 g/mol. The fourth-order valence-electron chi connectivity index (χ4n) is 1.11. The summed E-state index contributed by atoms with van der Waals surface area (Å²) < 4.78 is 10.4. The van der Waals surface area contributed by atoms with E-state index in [1.807, 2.05) is 0 Å². The molecule has 0 radical (unpaired) electrons. The van der Waals surface area contributed by atoms with Crippen LogP contribution in [0.5, 0.6) is 5.75 Å². The lowest BCUT2D eigenvalue weighted by Gasteiger charge is -2.07. The predicted molar refractivity (Wildman–Crippen MR) is 66.7 cm³/mol. The second-order valence-electron chi connectivity index (χ2n) is 3.17. The molecule has 0 aliphatic heterocycles. The van der Waals surface area contributed by atoms with Crippen LogP contribution in [0.1, 0.15) is 0 Å². The molecule has 90 valence electrons. The topological polar surface area (TPSA) is 30.5 Å². The molecule has 0 aliphatic rings. The number of ether oxygens (including phenoxy) is 2. The first-order chi connectivity index (χ1) is 7.74. The minimum atomic E-state index is 0.506. The standard InChI is InChI=1S/C11H15Cl2NO2/c1-15-6-4-14-5-7-16-9-2-3-10(12)11(13)8-9/h2-3,8,14H,4-7H2,1H3. The van der Waals surface area contributed by atoms with Gasteiger partial charge in [0.1, 0.15) is 12.4 Å². The third-order valence-electron chi connectivity index (χ3n) is 1.92. The maximum atomic E-state index is 5.85. The Labute approximate surface area is 106 Å². The number of hydrogen-bond acceptors (Lipinski definition) is 3.